The summed E-state index contributed by atoms with van der Waals surface area (Å²) in [7, 11) is 0. The van der Waals surface area contributed by atoms with Crippen LogP contribution in [0.1, 0.15) is 23.2 Å². The van der Waals surface area contributed by atoms with E-state index >= 15 is 0 Å². The second-order valence-corrected chi connectivity index (χ2v) is 6.61. The highest BCUT2D eigenvalue weighted by molar-refractivity contribution is 7.00. The third-order valence-corrected chi connectivity index (χ3v) is 4.81. The van der Waals surface area contributed by atoms with E-state index in [1.54, 1.807) is 36.4 Å². The fourth-order valence-corrected chi connectivity index (χ4v) is 3.46. The molecule has 2 heterocycles. The van der Waals surface area contributed by atoms with Gasteiger partial charge in [0, 0.05) is 6.42 Å². The molecule has 9 heteroatoms. The number of hydrogen-bond donors (Lipinski definition) is 3. The summed E-state index contributed by atoms with van der Waals surface area (Å²) in [6.45, 7) is 0. The number of para-hydroxylation sites is 1. The molecular formula is C18H15N5O3S. The number of benzene rings is 2. The van der Waals surface area contributed by atoms with Gasteiger partial charge in [-0.2, -0.15) is 8.75 Å². The third-order valence-electron chi connectivity index (χ3n) is 4.27. The van der Waals surface area contributed by atoms with Gasteiger partial charge in [0.05, 0.1) is 28.7 Å². The molecule has 4 rings (SSSR count). The minimum Gasteiger partial charge on any atom is -0.340 e. The van der Waals surface area contributed by atoms with Gasteiger partial charge in [0.1, 0.15) is 17.1 Å². The van der Waals surface area contributed by atoms with Gasteiger partial charge >= 0.3 is 0 Å². The SMILES string of the molecule is O=C(CC[C@@H]1NC(=O)c2ccccc2NC1=O)Nc1cccc2nsnc12. The highest BCUT2D eigenvalue weighted by Gasteiger charge is 2.27. The summed E-state index contributed by atoms with van der Waals surface area (Å²) in [5, 5.41) is 8.19. The minimum atomic E-state index is -0.785. The van der Waals surface area contributed by atoms with E-state index in [2.05, 4.69) is 24.7 Å². The van der Waals surface area contributed by atoms with Gasteiger partial charge in [-0.3, -0.25) is 14.4 Å². The summed E-state index contributed by atoms with van der Waals surface area (Å²) in [4.78, 5) is 37.0. The fourth-order valence-electron chi connectivity index (χ4n) is 2.91. The number of aromatic nitrogens is 2. The number of rotatable bonds is 4. The summed E-state index contributed by atoms with van der Waals surface area (Å²) < 4.78 is 8.31. The Hall–Kier alpha value is -3.33. The van der Waals surface area contributed by atoms with Crippen LogP contribution in [0.15, 0.2) is 42.5 Å². The normalized spacial score (nSPS) is 16.2. The first-order valence-electron chi connectivity index (χ1n) is 8.34. The van der Waals surface area contributed by atoms with E-state index in [0.29, 0.717) is 28.0 Å². The van der Waals surface area contributed by atoms with Crippen molar-refractivity contribution in [1.82, 2.24) is 14.1 Å². The predicted molar refractivity (Wildman–Crippen MR) is 102 cm³/mol. The zero-order valence-electron chi connectivity index (χ0n) is 14.1. The zero-order chi connectivity index (χ0) is 18.8. The van der Waals surface area contributed by atoms with Gasteiger partial charge in [0.25, 0.3) is 5.91 Å². The van der Waals surface area contributed by atoms with Crippen molar-refractivity contribution in [3.63, 3.8) is 0 Å². The van der Waals surface area contributed by atoms with Crippen LogP contribution in [0.25, 0.3) is 11.0 Å². The van der Waals surface area contributed by atoms with Gasteiger partial charge in [0.15, 0.2) is 0 Å². The maximum Gasteiger partial charge on any atom is 0.254 e. The van der Waals surface area contributed by atoms with E-state index in [4.69, 9.17) is 0 Å². The number of fused-ring (bicyclic) bond motifs is 2. The van der Waals surface area contributed by atoms with Gasteiger partial charge in [-0.1, -0.05) is 18.2 Å². The molecule has 3 aromatic rings. The molecule has 136 valence electrons. The first kappa shape index (κ1) is 17.1. The third kappa shape index (κ3) is 3.49. The molecule has 2 aromatic carbocycles. The minimum absolute atomic E-state index is 0.0721. The van der Waals surface area contributed by atoms with E-state index in [9.17, 15) is 14.4 Å². The number of anilines is 2. The standard InChI is InChI=1S/C18H15N5O3S/c24-15(19-12-6-3-7-13-16(12)23-27-22-13)9-8-14-18(26)20-11-5-2-1-4-10(11)17(25)21-14/h1-7,14H,8-9H2,(H,19,24)(H,20,26)(H,21,25)/t14-/m0/s1. The molecule has 1 atom stereocenters. The lowest BCUT2D eigenvalue weighted by molar-refractivity contribution is -0.118. The molecule has 1 aliphatic rings. The number of amides is 3. The molecule has 0 saturated carbocycles. The lowest BCUT2D eigenvalue weighted by atomic mass is 10.1. The van der Waals surface area contributed by atoms with Crippen LogP contribution in [0, 0.1) is 0 Å². The molecule has 0 saturated heterocycles. The highest BCUT2D eigenvalue weighted by Crippen LogP contribution is 2.22. The molecular weight excluding hydrogens is 366 g/mol. The lowest BCUT2D eigenvalue weighted by Gasteiger charge is -2.14. The van der Waals surface area contributed by atoms with Crippen molar-refractivity contribution in [2.75, 3.05) is 10.6 Å². The molecule has 0 unspecified atom stereocenters. The van der Waals surface area contributed by atoms with Crippen molar-refractivity contribution >= 4 is 51.9 Å². The first-order chi connectivity index (χ1) is 13.1. The Morgan fingerprint density at radius 3 is 2.85 bits per heavy atom. The summed E-state index contributed by atoms with van der Waals surface area (Å²) in [5.74, 6) is -0.945. The van der Waals surface area contributed by atoms with Crippen LogP contribution in [-0.4, -0.2) is 32.5 Å². The Balaban J connectivity index is 1.41. The maximum atomic E-state index is 12.4. The Bertz CT molecular complexity index is 1050. The average Bonchev–Trinajstić information content (AvgIpc) is 3.10. The summed E-state index contributed by atoms with van der Waals surface area (Å²) in [5.41, 5.74) is 2.79. The van der Waals surface area contributed by atoms with E-state index in [-0.39, 0.29) is 30.6 Å². The van der Waals surface area contributed by atoms with Gasteiger partial charge in [-0.15, -0.1) is 0 Å². The molecule has 0 aliphatic carbocycles. The average molecular weight is 381 g/mol. The van der Waals surface area contributed by atoms with E-state index < -0.39 is 6.04 Å². The molecule has 3 N–H and O–H groups in total. The summed E-state index contributed by atoms with van der Waals surface area (Å²) >= 11 is 1.08. The van der Waals surface area contributed by atoms with Gasteiger partial charge in [-0.05, 0) is 30.7 Å². The Kier molecular flexibility index (Phi) is 4.51. The molecule has 3 amide bonds. The molecule has 1 aliphatic heterocycles. The van der Waals surface area contributed by atoms with Crippen molar-refractivity contribution in [1.29, 1.82) is 0 Å². The van der Waals surface area contributed by atoms with Crippen molar-refractivity contribution in [3.05, 3.63) is 48.0 Å². The second-order valence-electron chi connectivity index (χ2n) is 6.09. The number of nitrogens with one attached hydrogen (secondary N) is 3. The van der Waals surface area contributed by atoms with Crippen LogP contribution in [0.2, 0.25) is 0 Å². The van der Waals surface area contributed by atoms with Gasteiger partial charge in [0.2, 0.25) is 11.8 Å². The molecule has 0 bridgehead atoms. The predicted octanol–water partition coefficient (Wildman–Crippen LogP) is 2.16. The van der Waals surface area contributed by atoms with Gasteiger partial charge < -0.3 is 16.0 Å². The van der Waals surface area contributed by atoms with Crippen LogP contribution in [0.4, 0.5) is 11.4 Å². The van der Waals surface area contributed by atoms with Crippen molar-refractivity contribution in [3.8, 4) is 0 Å². The molecule has 0 spiro atoms. The van der Waals surface area contributed by atoms with Crippen molar-refractivity contribution < 1.29 is 14.4 Å². The summed E-state index contributed by atoms with van der Waals surface area (Å²) in [6.07, 6.45) is 0.255. The Morgan fingerprint density at radius 2 is 1.96 bits per heavy atom. The zero-order valence-corrected chi connectivity index (χ0v) is 14.9. The quantitative estimate of drug-likeness (QED) is 0.641. The summed E-state index contributed by atoms with van der Waals surface area (Å²) in [6, 6.07) is 11.4. The molecule has 0 fully saturated rings. The molecule has 8 nitrogen and oxygen atoms in total. The fraction of sp³-hybridized carbons (Fsp3) is 0.167. The lowest BCUT2D eigenvalue weighted by Crippen LogP contribution is -2.41. The second kappa shape index (κ2) is 7.12. The van der Waals surface area contributed by atoms with Crippen LogP contribution in [0.5, 0.6) is 0 Å². The smallest absolute Gasteiger partial charge is 0.254 e. The van der Waals surface area contributed by atoms with Crippen LogP contribution in [-0.2, 0) is 9.59 Å². The van der Waals surface area contributed by atoms with E-state index in [1.807, 2.05) is 6.07 Å². The molecule has 27 heavy (non-hydrogen) atoms. The first-order valence-corrected chi connectivity index (χ1v) is 9.07. The molecule has 1 aromatic heterocycles. The van der Waals surface area contributed by atoms with Gasteiger partial charge in [-0.25, -0.2) is 0 Å². The molecule has 0 radical (unpaired) electrons. The van der Waals surface area contributed by atoms with E-state index in [1.165, 1.54) is 0 Å². The van der Waals surface area contributed by atoms with E-state index in [0.717, 1.165) is 11.7 Å². The number of carbonyl (C=O) groups excluding carboxylic acids is 3. The Morgan fingerprint density at radius 1 is 1.11 bits per heavy atom. The largest absolute Gasteiger partial charge is 0.340 e. The highest BCUT2D eigenvalue weighted by atomic mass is 32.1. The van der Waals surface area contributed by atoms with Crippen LogP contribution in [0.3, 0.4) is 0 Å². The monoisotopic (exact) mass is 381 g/mol. The van der Waals surface area contributed by atoms with Crippen LogP contribution < -0.4 is 16.0 Å². The number of carbonyl (C=O) groups is 3. The number of hydrogen-bond acceptors (Lipinski definition) is 6. The van der Waals surface area contributed by atoms with Crippen molar-refractivity contribution in [2.45, 2.75) is 18.9 Å². The topological polar surface area (TPSA) is 113 Å². The number of nitrogens with zero attached hydrogens (tertiary/aromatic N) is 2. The van der Waals surface area contributed by atoms with Crippen LogP contribution >= 0.6 is 11.7 Å². The van der Waals surface area contributed by atoms with Crippen molar-refractivity contribution in [2.24, 2.45) is 0 Å². The Labute approximate surface area is 158 Å². The maximum absolute atomic E-state index is 12.4.